The highest BCUT2D eigenvalue weighted by molar-refractivity contribution is 6.05. The van der Waals surface area contributed by atoms with Gasteiger partial charge in [0.2, 0.25) is 0 Å². The van der Waals surface area contributed by atoms with Crippen molar-refractivity contribution < 1.29 is 4.42 Å². The van der Waals surface area contributed by atoms with Crippen LogP contribution in [0.3, 0.4) is 0 Å². The van der Waals surface area contributed by atoms with E-state index in [1.807, 2.05) is 36.4 Å². The number of fused-ring (bicyclic) bond motifs is 3. The summed E-state index contributed by atoms with van der Waals surface area (Å²) in [5.41, 5.74) is 11.0. The van der Waals surface area contributed by atoms with Crippen LogP contribution in [0.15, 0.2) is 205 Å². The standard InChI is InChI=1S/C51H35N3O/c1-5-16-35(17-6-1)41-25-15-26-42(36-18-7-2-8-19-36)47(41)37-30-32-51(33-31-37,40-22-11-4-12-23-40)50-53-48(38-20-9-3-10-21-38)52-49(54-50)39-28-29-44-43-24-13-14-27-45(43)55-46(44)34-39/h1-32,34H,33H2. The summed E-state index contributed by atoms with van der Waals surface area (Å²) in [5, 5.41) is 2.16. The van der Waals surface area contributed by atoms with Gasteiger partial charge in [-0.25, -0.2) is 15.0 Å². The van der Waals surface area contributed by atoms with Gasteiger partial charge < -0.3 is 4.42 Å². The summed E-state index contributed by atoms with van der Waals surface area (Å²) in [7, 11) is 0. The van der Waals surface area contributed by atoms with Crippen LogP contribution in [0.2, 0.25) is 0 Å². The van der Waals surface area contributed by atoms with Crippen molar-refractivity contribution >= 4 is 27.5 Å². The van der Waals surface area contributed by atoms with Crippen molar-refractivity contribution in [2.75, 3.05) is 0 Å². The van der Waals surface area contributed by atoms with Crippen molar-refractivity contribution in [3.63, 3.8) is 0 Å². The molecule has 2 heterocycles. The molecule has 0 amide bonds. The van der Waals surface area contributed by atoms with E-state index in [1.165, 1.54) is 27.8 Å². The van der Waals surface area contributed by atoms with Crippen LogP contribution in [0.1, 0.15) is 23.4 Å². The van der Waals surface area contributed by atoms with Crippen LogP contribution >= 0.6 is 0 Å². The number of furan rings is 1. The number of benzene rings is 7. The highest BCUT2D eigenvalue weighted by Crippen LogP contribution is 2.45. The van der Waals surface area contributed by atoms with Gasteiger partial charge in [0, 0.05) is 21.9 Å². The Balaban J connectivity index is 1.16. The summed E-state index contributed by atoms with van der Waals surface area (Å²) in [6.45, 7) is 0. The van der Waals surface area contributed by atoms with Crippen molar-refractivity contribution in [1.29, 1.82) is 0 Å². The molecule has 1 atom stereocenters. The molecule has 0 fully saturated rings. The predicted molar refractivity (Wildman–Crippen MR) is 224 cm³/mol. The summed E-state index contributed by atoms with van der Waals surface area (Å²) in [4.78, 5) is 15.7. The Morgan fingerprint density at radius 3 is 1.65 bits per heavy atom. The van der Waals surface area contributed by atoms with E-state index >= 15 is 0 Å². The minimum atomic E-state index is -0.663. The van der Waals surface area contributed by atoms with Crippen LogP contribution in [0, 0.1) is 0 Å². The Kier molecular flexibility index (Phi) is 8.07. The second-order valence-electron chi connectivity index (χ2n) is 14.0. The summed E-state index contributed by atoms with van der Waals surface area (Å²) in [6.07, 6.45) is 7.61. The fraction of sp³-hybridized carbons (Fsp3) is 0.0392. The second-order valence-corrected chi connectivity index (χ2v) is 14.0. The molecular formula is C51H35N3O. The first kappa shape index (κ1) is 32.5. The van der Waals surface area contributed by atoms with E-state index in [0.29, 0.717) is 23.9 Å². The fourth-order valence-electron chi connectivity index (χ4n) is 7.93. The van der Waals surface area contributed by atoms with Crippen LogP contribution in [-0.2, 0) is 5.41 Å². The van der Waals surface area contributed by atoms with Gasteiger partial charge in [0.1, 0.15) is 17.0 Å². The quantitative estimate of drug-likeness (QED) is 0.166. The van der Waals surface area contributed by atoms with Crippen molar-refractivity contribution in [2.24, 2.45) is 0 Å². The van der Waals surface area contributed by atoms with Gasteiger partial charge in [0.15, 0.2) is 11.6 Å². The Hall–Kier alpha value is -7.17. The van der Waals surface area contributed by atoms with Crippen LogP contribution in [0.5, 0.6) is 0 Å². The van der Waals surface area contributed by atoms with E-state index in [2.05, 4.69) is 164 Å². The molecule has 0 aliphatic heterocycles. The molecule has 0 saturated heterocycles. The van der Waals surface area contributed by atoms with Gasteiger partial charge in [-0.3, -0.25) is 0 Å². The third-order valence-corrected chi connectivity index (χ3v) is 10.7. The molecule has 4 nitrogen and oxygen atoms in total. The smallest absolute Gasteiger partial charge is 0.163 e. The highest BCUT2D eigenvalue weighted by Gasteiger charge is 2.37. The minimum Gasteiger partial charge on any atom is -0.456 e. The molecule has 0 N–H and O–H groups in total. The predicted octanol–water partition coefficient (Wildman–Crippen LogP) is 12.8. The summed E-state index contributed by atoms with van der Waals surface area (Å²) >= 11 is 0. The van der Waals surface area contributed by atoms with Crippen LogP contribution < -0.4 is 0 Å². The van der Waals surface area contributed by atoms with E-state index in [0.717, 1.165) is 44.2 Å². The topological polar surface area (TPSA) is 51.8 Å². The molecule has 1 aliphatic rings. The van der Waals surface area contributed by atoms with Gasteiger partial charge >= 0.3 is 0 Å². The van der Waals surface area contributed by atoms with Crippen molar-refractivity contribution in [3.8, 4) is 45.0 Å². The Bertz CT molecular complexity index is 2820. The first-order valence-electron chi connectivity index (χ1n) is 18.7. The molecule has 55 heavy (non-hydrogen) atoms. The van der Waals surface area contributed by atoms with Gasteiger partial charge in [0.25, 0.3) is 0 Å². The zero-order chi connectivity index (χ0) is 36.6. The Labute approximate surface area is 319 Å². The molecule has 0 saturated carbocycles. The monoisotopic (exact) mass is 705 g/mol. The molecule has 0 radical (unpaired) electrons. The van der Waals surface area contributed by atoms with E-state index in [9.17, 15) is 0 Å². The number of allylic oxidation sites excluding steroid dienone is 4. The normalized spacial score (nSPS) is 15.3. The molecule has 9 aromatic rings. The molecule has 4 heteroatoms. The molecule has 0 bridgehead atoms. The summed E-state index contributed by atoms with van der Waals surface area (Å²) in [6, 6.07) is 63.1. The third-order valence-electron chi connectivity index (χ3n) is 10.7. The molecular weight excluding hydrogens is 671 g/mol. The number of hydrogen-bond donors (Lipinski definition) is 0. The Morgan fingerprint density at radius 2 is 1.02 bits per heavy atom. The van der Waals surface area contributed by atoms with Crippen LogP contribution in [0.4, 0.5) is 0 Å². The minimum absolute atomic E-state index is 0.602. The lowest BCUT2D eigenvalue weighted by Gasteiger charge is -2.32. The van der Waals surface area contributed by atoms with Gasteiger partial charge in [-0.05, 0) is 63.6 Å². The molecule has 260 valence electrons. The number of aromatic nitrogens is 3. The van der Waals surface area contributed by atoms with Crippen molar-refractivity contribution in [1.82, 2.24) is 15.0 Å². The number of hydrogen-bond acceptors (Lipinski definition) is 4. The molecule has 1 aliphatic carbocycles. The zero-order valence-electron chi connectivity index (χ0n) is 30.0. The second kappa shape index (κ2) is 13.7. The summed E-state index contributed by atoms with van der Waals surface area (Å²) < 4.78 is 6.31. The van der Waals surface area contributed by atoms with Gasteiger partial charge in [0.05, 0.1) is 5.41 Å². The maximum Gasteiger partial charge on any atom is 0.163 e. The molecule has 2 aromatic heterocycles. The molecule has 0 spiro atoms. The third kappa shape index (κ3) is 5.85. The fourth-order valence-corrected chi connectivity index (χ4v) is 7.93. The van der Waals surface area contributed by atoms with E-state index in [1.54, 1.807) is 0 Å². The lowest BCUT2D eigenvalue weighted by atomic mass is 9.72. The number of nitrogens with zero attached hydrogens (tertiary/aromatic N) is 3. The average Bonchev–Trinajstić information content (AvgIpc) is 3.65. The molecule has 1 unspecified atom stereocenters. The lowest BCUT2D eigenvalue weighted by molar-refractivity contribution is 0.598. The van der Waals surface area contributed by atoms with Crippen molar-refractivity contribution in [3.05, 3.63) is 217 Å². The first-order chi connectivity index (χ1) is 27.2. The zero-order valence-corrected chi connectivity index (χ0v) is 30.0. The van der Waals surface area contributed by atoms with E-state index in [-0.39, 0.29) is 0 Å². The van der Waals surface area contributed by atoms with Crippen LogP contribution in [0.25, 0.3) is 72.5 Å². The average molecular weight is 706 g/mol. The van der Waals surface area contributed by atoms with Crippen molar-refractivity contribution in [2.45, 2.75) is 11.8 Å². The molecule has 7 aromatic carbocycles. The number of rotatable bonds is 7. The largest absolute Gasteiger partial charge is 0.456 e. The highest BCUT2D eigenvalue weighted by atomic mass is 16.3. The van der Waals surface area contributed by atoms with Gasteiger partial charge in [-0.15, -0.1) is 0 Å². The lowest BCUT2D eigenvalue weighted by Crippen LogP contribution is -2.30. The maximum absolute atomic E-state index is 6.31. The van der Waals surface area contributed by atoms with Crippen LogP contribution in [-0.4, -0.2) is 15.0 Å². The maximum atomic E-state index is 6.31. The Morgan fingerprint density at radius 1 is 0.455 bits per heavy atom. The van der Waals surface area contributed by atoms with E-state index in [4.69, 9.17) is 19.4 Å². The van der Waals surface area contributed by atoms with Gasteiger partial charge in [-0.1, -0.05) is 182 Å². The first-order valence-corrected chi connectivity index (χ1v) is 18.7. The summed E-state index contributed by atoms with van der Waals surface area (Å²) in [5.74, 6) is 1.92. The van der Waals surface area contributed by atoms with Gasteiger partial charge in [-0.2, -0.15) is 0 Å². The SMILES string of the molecule is C1=CC(c2ccccc2)(c2nc(-c3ccccc3)nc(-c3ccc4c(c3)oc3ccccc34)n2)CC=C1c1c(-c2ccccc2)cccc1-c1ccccc1. The molecule has 10 rings (SSSR count). The number of para-hydroxylation sites is 1. The van der Waals surface area contributed by atoms with E-state index < -0.39 is 5.41 Å².